The van der Waals surface area contributed by atoms with Gasteiger partial charge in [0.05, 0.1) is 0 Å². The maximum Gasteiger partial charge on any atom is 0.305 e. The minimum Gasteiger partial charge on any atom is -0.467 e. The summed E-state index contributed by atoms with van der Waals surface area (Å²) in [6.07, 6.45) is 0.816. The van der Waals surface area contributed by atoms with Gasteiger partial charge in [-0.2, -0.15) is 0 Å². The summed E-state index contributed by atoms with van der Waals surface area (Å²) in [6, 6.07) is 12.1. The average Bonchev–Trinajstić information content (AvgIpc) is 2.56. The molecule has 0 aliphatic heterocycles. The van der Waals surface area contributed by atoms with Crippen LogP contribution < -0.4 is 9.47 Å². The molecule has 0 atom stereocenters. The van der Waals surface area contributed by atoms with Crippen LogP contribution in [-0.4, -0.2) is 26.7 Å². The predicted molar refractivity (Wildman–Crippen MR) is 94.9 cm³/mol. The first-order valence-electron chi connectivity index (χ1n) is 8.06. The number of rotatable bonds is 8. The zero-order chi connectivity index (χ0) is 18.2. The SMILES string of the molecule is COCOc1ccc(Cc2ccc(OCOC(C)=O)c(C)c2)cc1C. The van der Waals surface area contributed by atoms with Crippen molar-refractivity contribution in [3.63, 3.8) is 0 Å². The van der Waals surface area contributed by atoms with E-state index in [4.69, 9.17) is 18.9 Å². The third-order valence-corrected chi connectivity index (χ3v) is 3.70. The van der Waals surface area contributed by atoms with E-state index >= 15 is 0 Å². The second-order valence-electron chi connectivity index (χ2n) is 5.83. The molecule has 0 radical (unpaired) electrons. The van der Waals surface area contributed by atoms with E-state index in [-0.39, 0.29) is 19.6 Å². The van der Waals surface area contributed by atoms with E-state index in [1.165, 1.54) is 18.1 Å². The molecule has 0 heterocycles. The third kappa shape index (κ3) is 5.80. The molecule has 0 bridgehead atoms. The lowest BCUT2D eigenvalue weighted by atomic mass is 10.0. The van der Waals surface area contributed by atoms with Crippen molar-refractivity contribution in [1.82, 2.24) is 0 Å². The van der Waals surface area contributed by atoms with Gasteiger partial charge in [0.1, 0.15) is 11.5 Å². The highest BCUT2D eigenvalue weighted by Gasteiger charge is 2.06. The van der Waals surface area contributed by atoms with Crippen LogP contribution in [0, 0.1) is 13.8 Å². The Bertz CT molecular complexity index is 724. The lowest BCUT2D eigenvalue weighted by molar-refractivity contribution is -0.147. The number of methoxy groups -OCH3 is 1. The Morgan fingerprint density at radius 1 is 0.880 bits per heavy atom. The van der Waals surface area contributed by atoms with Gasteiger partial charge in [-0.25, -0.2) is 0 Å². The summed E-state index contributed by atoms with van der Waals surface area (Å²) in [5.74, 6) is 1.18. The Morgan fingerprint density at radius 2 is 1.40 bits per heavy atom. The number of ether oxygens (including phenoxy) is 4. The number of hydrogen-bond acceptors (Lipinski definition) is 5. The molecule has 0 N–H and O–H groups in total. The van der Waals surface area contributed by atoms with Crippen LogP contribution in [0.25, 0.3) is 0 Å². The molecule has 2 aromatic carbocycles. The molecular formula is C20H24O5. The highest BCUT2D eigenvalue weighted by molar-refractivity contribution is 5.65. The molecule has 0 fully saturated rings. The van der Waals surface area contributed by atoms with Crippen LogP contribution >= 0.6 is 0 Å². The molecule has 25 heavy (non-hydrogen) atoms. The molecule has 134 valence electrons. The first kappa shape index (κ1) is 18.8. The second kappa shape index (κ2) is 9.08. The fourth-order valence-corrected chi connectivity index (χ4v) is 2.50. The van der Waals surface area contributed by atoms with Crippen LogP contribution in [-0.2, 0) is 20.7 Å². The monoisotopic (exact) mass is 344 g/mol. The number of benzene rings is 2. The van der Waals surface area contributed by atoms with Crippen molar-refractivity contribution in [1.29, 1.82) is 0 Å². The van der Waals surface area contributed by atoms with E-state index in [0.29, 0.717) is 5.75 Å². The van der Waals surface area contributed by atoms with Crippen molar-refractivity contribution >= 4 is 5.97 Å². The van der Waals surface area contributed by atoms with E-state index in [2.05, 4.69) is 18.2 Å². The maximum atomic E-state index is 10.8. The van der Waals surface area contributed by atoms with Gasteiger partial charge in [-0.05, 0) is 54.7 Å². The van der Waals surface area contributed by atoms with Crippen LogP contribution in [0.2, 0.25) is 0 Å². The third-order valence-electron chi connectivity index (χ3n) is 3.70. The molecule has 0 unspecified atom stereocenters. The van der Waals surface area contributed by atoms with E-state index < -0.39 is 0 Å². The van der Waals surface area contributed by atoms with Gasteiger partial charge in [0.2, 0.25) is 6.79 Å². The van der Waals surface area contributed by atoms with Gasteiger partial charge in [-0.3, -0.25) is 4.79 Å². The summed E-state index contributed by atoms with van der Waals surface area (Å²) in [5.41, 5.74) is 4.46. The van der Waals surface area contributed by atoms with Crippen molar-refractivity contribution < 1.29 is 23.7 Å². The van der Waals surface area contributed by atoms with Crippen LogP contribution in [0.4, 0.5) is 0 Å². The predicted octanol–water partition coefficient (Wildman–Crippen LogP) is 3.78. The summed E-state index contributed by atoms with van der Waals surface area (Å²) < 4.78 is 20.7. The molecule has 0 saturated heterocycles. The molecule has 0 amide bonds. The van der Waals surface area contributed by atoms with Crippen molar-refractivity contribution in [2.24, 2.45) is 0 Å². The Morgan fingerprint density at radius 3 is 1.84 bits per heavy atom. The standard InChI is InChI=1S/C20H24O5/c1-14-9-17(5-7-19(14)24-12-22-4)11-18-6-8-20(15(2)10-18)25-13-23-16(3)21/h5-10H,11-13H2,1-4H3. The van der Waals surface area contributed by atoms with Crippen LogP contribution in [0.3, 0.4) is 0 Å². The van der Waals surface area contributed by atoms with Crippen molar-refractivity contribution in [2.75, 3.05) is 20.7 Å². The molecule has 0 spiro atoms. The molecule has 5 nitrogen and oxygen atoms in total. The Labute approximate surface area is 148 Å². The van der Waals surface area contributed by atoms with Gasteiger partial charge < -0.3 is 18.9 Å². The Hall–Kier alpha value is -2.53. The molecular weight excluding hydrogens is 320 g/mol. The number of esters is 1. The number of aryl methyl sites for hydroxylation is 2. The first-order valence-corrected chi connectivity index (χ1v) is 8.06. The van der Waals surface area contributed by atoms with Gasteiger partial charge in [-0.1, -0.05) is 24.3 Å². The lowest BCUT2D eigenvalue weighted by Crippen LogP contribution is -2.07. The fraction of sp³-hybridized carbons (Fsp3) is 0.350. The van der Waals surface area contributed by atoms with Crippen LogP contribution in [0.15, 0.2) is 36.4 Å². The number of hydrogen-bond donors (Lipinski definition) is 0. The topological polar surface area (TPSA) is 54.0 Å². The maximum absolute atomic E-state index is 10.8. The largest absolute Gasteiger partial charge is 0.467 e. The van der Waals surface area contributed by atoms with Gasteiger partial charge in [0.15, 0.2) is 6.79 Å². The molecule has 2 rings (SSSR count). The first-order chi connectivity index (χ1) is 12.0. The van der Waals surface area contributed by atoms with Gasteiger partial charge >= 0.3 is 5.97 Å². The van der Waals surface area contributed by atoms with Crippen molar-refractivity contribution in [2.45, 2.75) is 27.2 Å². The number of carbonyl (C=O) groups excluding carboxylic acids is 1. The molecule has 0 saturated carbocycles. The minimum absolute atomic E-state index is 0.0718. The Kier molecular flexibility index (Phi) is 6.83. The normalized spacial score (nSPS) is 10.4. The minimum atomic E-state index is -0.359. The smallest absolute Gasteiger partial charge is 0.305 e. The molecule has 0 aliphatic rings. The summed E-state index contributed by atoms with van der Waals surface area (Å²) >= 11 is 0. The number of carbonyl (C=O) groups is 1. The van der Waals surface area contributed by atoms with Crippen LogP contribution in [0.1, 0.15) is 29.2 Å². The zero-order valence-electron chi connectivity index (χ0n) is 15.1. The quantitative estimate of drug-likeness (QED) is 0.539. The van der Waals surface area contributed by atoms with E-state index in [1.807, 2.05) is 32.0 Å². The fourth-order valence-electron chi connectivity index (χ4n) is 2.50. The van der Waals surface area contributed by atoms with E-state index in [0.717, 1.165) is 23.3 Å². The van der Waals surface area contributed by atoms with E-state index in [1.54, 1.807) is 7.11 Å². The summed E-state index contributed by atoms with van der Waals surface area (Å²) in [4.78, 5) is 10.8. The van der Waals surface area contributed by atoms with Gasteiger partial charge in [-0.15, -0.1) is 0 Å². The van der Waals surface area contributed by atoms with Gasteiger partial charge in [0, 0.05) is 14.0 Å². The summed E-state index contributed by atoms with van der Waals surface area (Å²) in [5, 5.41) is 0. The second-order valence-corrected chi connectivity index (χ2v) is 5.83. The Balaban J connectivity index is 2.01. The van der Waals surface area contributed by atoms with Crippen LogP contribution in [0.5, 0.6) is 11.5 Å². The van der Waals surface area contributed by atoms with Crippen molar-refractivity contribution in [3.8, 4) is 11.5 Å². The van der Waals surface area contributed by atoms with Gasteiger partial charge in [0.25, 0.3) is 0 Å². The summed E-state index contributed by atoms with van der Waals surface area (Å²) in [6.45, 7) is 5.52. The summed E-state index contributed by atoms with van der Waals surface area (Å²) in [7, 11) is 1.60. The average molecular weight is 344 g/mol. The molecule has 0 aromatic heterocycles. The molecule has 5 heteroatoms. The lowest BCUT2D eigenvalue weighted by Gasteiger charge is -2.12. The van der Waals surface area contributed by atoms with Crippen molar-refractivity contribution in [3.05, 3.63) is 58.7 Å². The van der Waals surface area contributed by atoms with E-state index in [9.17, 15) is 4.79 Å². The molecule has 0 aliphatic carbocycles. The molecule has 2 aromatic rings. The highest BCUT2D eigenvalue weighted by atomic mass is 16.7. The highest BCUT2D eigenvalue weighted by Crippen LogP contribution is 2.24. The zero-order valence-corrected chi connectivity index (χ0v) is 15.1.